The molecule has 0 bridgehead atoms. The number of aromatic nitrogens is 5. The van der Waals surface area contributed by atoms with E-state index >= 15 is 0 Å². The van der Waals surface area contributed by atoms with Gasteiger partial charge in [-0.15, -0.1) is 0 Å². The molecule has 0 unspecified atom stereocenters. The second kappa shape index (κ2) is 6.81. The van der Waals surface area contributed by atoms with Crippen molar-refractivity contribution in [2.24, 2.45) is 0 Å². The first-order valence-corrected chi connectivity index (χ1v) is 7.99. The van der Waals surface area contributed by atoms with Crippen molar-refractivity contribution in [3.8, 4) is 11.7 Å². The van der Waals surface area contributed by atoms with E-state index in [-0.39, 0.29) is 17.7 Å². The number of benzene rings is 1. The maximum absolute atomic E-state index is 5.82. The molecular weight excluding hydrogens is 322 g/mol. The number of ether oxygens (including phenoxy) is 1. The van der Waals surface area contributed by atoms with Crippen molar-refractivity contribution in [2.45, 2.75) is 6.42 Å². The van der Waals surface area contributed by atoms with Gasteiger partial charge >= 0.3 is 0 Å². The Morgan fingerprint density at radius 1 is 1.00 bits per heavy atom. The van der Waals surface area contributed by atoms with E-state index in [2.05, 4.69) is 25.1 Å². The van der Waals surface area contributed by atoms with Gasteiger partial charge < -0.3 is 19.9 Å². The second-order valence-corrected chi connectivity index (χ2v) is 5.59. The van der Waals surface area contributed by atoms with Gasteiger partial charge in [-0.25, -0.2) is 0 Å². The molecule has 1 aliphatic heterocycles. The monoisotopic (exact) mass is 339 g/mol. The summed E-state index contributed by atoms with van der Waals surface area (Å²) < 4.78 is 10.6. The fraction of sp³-hybridized carbons (Fsp3) is 0.312. The molecule has 25 heavy (non-hydrogen) atoms. The minimum absolute atomic E-state index is 0.120. The molecule has 0 amide bonds. The van der Waals surface area contributed by atoms with Crippen molar-refractivity contribution in [3.05, 3.63) is 41.7 Å². The normalized spacial score (nSPS) is 14.6. The number of rotatable bonds is 4. The average Bonchev–Trinajstić information content (AvgIpc) is 3.11. The Kier molecular flexibility index (Phi) is 4.21. The highest BCUT2D eigenvalue weighted by atomic mass is 16.5. The van der Waals surface area contributed by atoms with Gasteiger partial charge in [-0.1, -0.05) is 35.5 Å². The van der Waals surface area contributed by atoms with Crippen LogP contribution in [0.5, 0.6) is 0 Å². The van der Waals surface area contributed by atoms with Gasteiger partial charge in [0, 0.05) is 19.5 Å². The van der Waals surface area contributed by atoms with Crippen molar-refractivity contribution in [2.75, 3.05) is 36.9 Å². The molecule has 0 atom stereocenters. The lowest BCUT2D eigenvalue weighted by atomic mass is 10.1. The minimum Gasteiger partial charge on any atom is -0.378 e. The highest BCUT2D eigenvalue weighted by Gasteiger charge is 2.19. The molecular formula is C16H17N7O2. The Morgan fingerprint density at radius 2 is 1.80 bits per heavy atom. The van der Waals surface area contributed by atoms with E-state index < -0.39 is 0 Å². The first-order valence-electron chi connectivity index (χ1n) is 7.99. The molecule has 128 valence electrons. The number of nitrogen functional groups attached to an aromatic ring is 1. The average molecular weight is 339 g/mol. The summed E-state index contributed by atoms with van der Waals surface area (Å²) in [6.45, 7) is 2.66. The second-order valence-electron chi connectivity index (χ2n) is 5.59. The van der Waals surface area contributed by atoms with Crippen LogP contribution in [0.25, 0.3) is 11.7 Å². The lowest BCUT2D eigenvalue weighted by Gasteiger charge is -2.26. The molecule has 9 nitrogen and oxygen atoms in total. The van der Waals surface area contributed by atoms with E-state index in [4.69, 9.17) is 15.0 Å². The molecule has 0 saturated carbocycles. The zero-order valence-electron chi connectivity index (χ0n) is 13.5. The molecule has 1 aromatic carbocycles. The number of anilines is 2. The molecule has 1 aliphatic rings. The summed E-state index contributed by atoms with van der Waals surface area (Å²) in [4.78, 5) is 19.1. The van der Waals surface area contributed by atoms with E-state index in [0.717, 1.165) is 5.56 Å². The van der Waals surface area contributed by atoms with Crippen molar-refractivity contribution in [3.63, 3.8) is 0 Å². The van der Waals surface area contributed by atoms with E-state index in [1.165, 1.54) is 0 Å². The van der Waals surface area contributed by atoms with Crippen LogP contribution in [0.15, 0.2) is 34.9 Å². The van der Waals surface area contributed by atoms with Crippen LogP contribution in [0.3, 0.4) is 0 Å². The Hall–Kier alpha value is -3.07. The minimum atomic E-state index is 0.120. The van der Waals surface area contributed by atoms with Gasteiger partial charge in [-0.3, -0.25) is 0 Å². The lowest BCUT2D eigenvalue weighted by molar-refractivity contribution is 0.122. The molecule has 3 heterocycles. The van der Waals surface area contributed by atoms with Gasteiger partial charge in [-0.2, -0.15) is 19.9 Å². The molecule has 0 radical (unpaired) electrons. The fourth-order valence-electron chi connectivity index (χ4n) is 2.58. The molecule has 9 heteroatoms. The van der Waals surface area contributed by atoms with Gasteiger partial charge in [0.1, 0.15) is 0 Å². The van der Waals surface area contributed by atoms with E-state index in [0.29, 0.717) is 44.5 Å². The van der Waals surface area contributed by atoms with Gasteiger partial charge in [0.05, 0.1) is 13.2 Å². The topological polar surface area (TPSA) is 116 Å². The van der Waals surface area contributed by atoms with Gasteiger partial charge in [0.25, 0.3) is 5.89 Å². The summed E-state index contributed by atoms with van der Waals surface area (Å²) in [6.07, 6.45) is 0.571. The van der Waals surface area contributed by atoms with Gasteiger partial charge in [-0.05, 0) is 5.56 Å². The van der Waals surface area contributed by atoms with E-state index in [1.54, 1.807) is 0 Å². The number of hydrogen-bond acceptors (Lipinski definition) is 9. The molecule has 0 aliphatic carbocycles. The SMILES string of the molecule is Nc1nc(-c2nc(Cc3ccccc3)no2)nc(N2CCOCC2)n1. The summed E-state index contributed by atoms with van der Waals surface area (Å²) >= 11 is 0. The first-order chi connectivity index (χ1) is 12.3. The number of hydrogen-bond donors (Lipinski definition) is 1. The summed E-state index contributed by atoms with van der Waals surface area (Å²) in [5.41, 5.74) is 6.92. The van der Waals surface area contributed by atoms with Crippen LogP contribution in [-0.4, -0.2) is 51.4 Å². The van der Waals surface area contributed by atoms with Crippen LogP contribution >= 0.6 is 0 Å². The first kappa shape index (κ1) is 15.5. The Balaban J connectivity index is 1.58. The molecule has 1 saturated heterocycles. The lowest BCUT2D eigenvalue weighted by Crippen LogP contribution is -2.37. The molecule has 3 aromatic rings. The summed E-state index contributed by atoms with van der Waals surface area (Å²) in [7, 11) is 0. The molecule has 2 aromatic heterocycles. The van der Waals surface area contributed by atoms with Crippen molar-refractivity contribution in [1.29, 1.82) is 0 Å². The summed E-state index contributed by atoms with van der Waals surface area (Å²) in [5.74, 6) is 1.69. The summed E-state index contributed by atoms with van der Waals surface area (Å²) in [5, 5.41) is 4.00. The van der Waals surface area contributed by atoms with Crippen molar-refractivity contribution < 1.29 is 9.26 Å². The zero-order chi connectivity index (χ0) is 17.1. The maximum Gasteiger partial charge on any atom is 0.295 e. The van der Waals surface area contributed by atoms with Crippen LogP contribution in [0.1, 0.15) is 11.4 Å². The van der Waals surface area contributed by atoms with Crippen molar-refractivity contribution in [1.82, 2.24) is 25.1 Å². The highest BCUT2D eigenvalue weighted by Crippen LogP contribution is 2.18. The van der Waals surface area contributed by atoms with Crippen LogP contribution in [0, 0.1) is 0 Å². The van der Waals surface area contributed by atoms with E-state index in [1.807, 2.05) is 35.2 Å². The van der Waals surface area contributed by atoms with Crippen LogP contribution in [0.4, 0.5) is 11.9 Å². The predicted octanol–water partition coefficient (Wildman–Crippen LogP) is 0.931. The molecule has 0 spiro atoms. The Bertz CT molecular complexity index is 847. The third-order valence-corrected chi connectivity index (χ3v) is 3.80. The van der Waals surface area contributed by atoms with E-state index in [9.17, 15) is 0 Å². The van der Waals surface area contributed by atoms with Crippen molar-refractivity contribution >= 4 is 11.9 Å². The fourth-order valence-corrected chi connectivity index (χ4v) is 2.58. The smallest absolute Gasteiger partial charge is 0.295 e. The number of morpholine rings is 1. The Labute approximate surface area is 143 Å². The summed E-state index contributed by atoms with van der Waals surface area (Å²) in [6, 6.07) is 9.92. The number of nitrogens with zero attached hydrogens (tertiary/aromatic N) is 6. The third kappa shape index (κ3) is 3.56. The van der Waals surface area contributed by atoms with Gasteiger partial charge in [0.15, 0.2) is 5.82 Å². The predicted molar refractivity (Wildman–Crippen MR) is 89.8 cm³/mol. The van der Waals surface area contributed by atoms with Crippen LogP contribution in [-0.2, 0) is 11.2 Å². The highest BCUT2D eigenvalue weighted by molar-refractivity contribution is 5.48. The zero-order valence-corrected chi connectivity index (χ0v) is 13.5. The quantitative estimate of drug-likeness (QED) is 0.741. The third-order valence-electron chi connectivity index (χ3n) is 3.80. The standard InChI is InChI=1S/C16H17N7O2/c17-15-19-13(20-16(21-15)23-6-8-24-9-7-23)14-18-12(22-25-14)10-11-4-2-1-3-5-11/h1-5H,6-10H2,(H2,17,19,20,21). The molecule has 1 fully saturated rings. The number of nitrogens with two attached hydrogens (primary N) is 1. The molecule has 2 N–H and O–H groups in total. The van der Waals surface area contributed by atoms with Gasteiger partial charge in [0.2, 0.25) is 17.7 Å². The Morgan fingerprint density at radius 3 is 2.60 bits per heavy atom. The largest absolute Gasteiger partial charge is 0.378 e. The van der Waals surface area contributed by atoms with Crippen LogP contribution in [0.2, 0.25) is 0 Å². The van der Waals surface area contributed by atoms with Crippen LogP contribution < -0.4 is 10.6 Å². The molecule has 4 rings (SSSR count). The maximum atomic E-state index is 5.82.